The zero-order chi connectivity index (χ0) is 22.8. The lowest BCUT2D eigenvalue weighted by molar-refractivity contribution is -0.125. The molecule has 0 N–H and O–H groups in total. The van der Waals surface area contributed by atoms with E-state index in [0.29, 0.717) is 11.7 Å². The fourth-order valence-electron chi connectivity index (χ4n) is 5.17. The molecule has 0 saturated heterocycles. The summed E-state index contributed by atoms with van der Waals surface area (Å²) in [5.74, 6) is 0.897. The van der Waals surface area contributed by atoms with E-state index in [1.807, 2.05) is 78.9 Å². The quantitative estimate of drug-likeness (QED) is 0.336. The Labute approximate surface area is 191 Å². The molecule has 2 atom stereocenters. The molecule has 5 rings (SSSR count). The summed E-state index contributed by atoms with van der Waals surface area (Å²) in [4.78, 5) is 24.5. The van der Waals surface area contributed by atoms with Gasteiger partial charge in [-0.3, -0.25) is 9.59 Å². The number of hydrogen-bond donors (Lipinski definition) is 0. The molecule has 2 heteroatoms. The van der Waals surface area contributed by atoms with Gasteiger partial charge in [-0.05, 0) is 41.4 Å². The average molecular weight is 423 g/mol. The number of carbonyl (C=O) groups excluding carboxylic acids is 2. The largest absolute Gasteiger partial charge is 0.294 e. The van der Waals surface area contributed by atoms with E-state index >= 15 is 0 Å². The second kappa shape index (κ2) is 8.70. The van der Waals surface area contributed by atoms with Gasteiger partial charge in [0.25, 0.3) is 0 Å². The normalized spacial score (nSPS) is 24.2. The Morgan fingerprint density at radius 3 is 1.69 bits per heavy atom. The van der Waals surface area contributed by atoms with Crippen LogP contribution in [0, 0.1) is 16.7 Å². The Morgan fingerprint density at radius 2 is 1.25 bits per heavy atom. The number of rotatable bonds is 3. The van der Waals surface area contributed by atoms with Crippen molar-refractivity contribution in [3.63, 3.8) is 0 Å². The summed E-state index contributed by atoms with van der Waals surface area (Å²) >= 11 is 0. The van der Waals surface area contributed by atoms with Crippen molar-refractivity contribution in [2.75, 3.05) is 0 Å². The second-order valence-electron chi connectivity index (χ2n) is 9.55. The molecular weight excluding hydrogens is 392 g/mol. The van der Waals surface area contributed by atoms with Crippen LogP contribution in [0.15, 0.2) is 96.6 Å². The van der Waals surface area contributed by atoms with Crippen LogP contribution in [0.2, 0.25) is 0 Å². The monoisotopic (exact) mass is 422 g/mol. The van der Waals surface area contributed by atoms with Crippen LogP contribution in [-0.4, -0.2) is 11.6 Å². The number of fused-ring (bicyclic) bond motifs is 2. The lowest BCUT2D eigenvalue weighted by Gasteiger charge is -2.31. The molecule has 2 aliphatic carbocycles. The topological polar surface area (TPSA) is 34.1 Å². The Morgan fingerprint density at radius 1 is 0.781 bits per heavy atom. The van der Waals surface area contributed by atoms with Crippen LogP contribution in [0.3, 0.4) is 0 Å². The standard InChI is InChI=1S/C17H20O.C13H10O/c1-16(2)14-9-10-17(16,3)15(18)13(14)11-12-7-5-4-6-8-12;14-13(11-7-3-1-4-8-11)12-9-5-2-6-10-12/h4-8,11,14H,9-10H2,1-3H3;1-10H. The molecule has 2 bridgehead atoms. The molecule has 3 aromatic rings. The van der Waals surface area contributed by atoms with E-state index in [4.69, 9.17) is 0 Å². The molecule has 0 aromatic heterocycles. The molecule has 2 fully saturated rings. The molecule has 0 spiro atoms. The summed E-state index contributed by atoms with van der Waals surface area (Å²) in [5, 5.41) is 0. The fraction of sp³-hybridized carbons (Fsp3) is 0.267. The zero-order valence-electron chi connectivity index (χ0n) is 19.0. The summed E-state index contributed by atoms with van der Waals surface area (Å²) in [6, 6.07) is 28.8. The fourth-order valence-corrected chi connectivity index (χ4v) is 5.17. The minimum atomic E-state index is -0.141. The lowest BCUT2D eigenvalue weighted by Crippen LogP contribution is -2.32. The molecule has 0 radical (unpaired) electrons. The number of allylic oxidation sites excluding steroid dienone is 1. The minimum absolute atomic E-state index is 0.0752. The molecule has 2 nitrogen and oxygen atoms in total. The van der Waals surface area contributed by atoms with E-state index < -0.39 is 0 Å². The van der Waals surface area contributed by atoms with Gasteiger partial charge in [0.1, 0.15) is 0 Å². The van der Waals surface area contributed by atoms with Gasteiger partial charge in [-0.1, -0.05) is 112 Å². The maximum Gasteiger partial charge on any atom is 0.193 e. The van der Waals surface area contributed by atoms with Crippen molar-refractivity contribution in [1.82, 2.24) is 0 Å². The van der Waals surface area contributed by atoms with E-state index in [2.05, 4.69) is 39.0 Å². The molecule has 2 unspecified atom stereocenters. The number of benzene rings is 3. The smallest absolute Gasteiger partial charge is 0.193 e. The van der Waals surface area contributed by atoms with Crippen molar-refractivity contribution in [3.8, 4) is 0 Å². The van der Waals surface area contributed by atoms with Gasteiger partial charge in [-0.2, -0.15) is 0 Å². The van der Waals surface area contributed by atoms with E-state index in [1.54, 1.807) is 0 Å². The highest BCUT2D eigenvalue weighted by Crippen LogP contribution is 2.65. The van der Waals surface area contributed by atoms with Crippen LogP contribution in [0.4, 0.5) is 0 Å². The van der Waals surface area contributed by atoms with E-state index in [-0.39, 0.29) is 16.6 Å². The maximum atomic E-state index is 12.6. The predicted molar refractivity (Wildman–Crippen MR) is 130 cm³/mol. The molecule has 162 valence electrons. The maximum absolute atomic E-state index is 12.6. The van der Waals surface area contributed by atoms with E-state index in [0.717, 1.165) is 35.1 Å². The van der Waals surface area contributed by atoms with Gasteiger partial charge < -0.3 is 0 Å². The van der Waals surface area contributed by atoms with Crippen molar-refractivity contribution in [1.29, 1.82) is 0 Å². The molecule has 3 aromatic carbocycles. The third-order valence-corrected chi connectivity index (χ3v) is 7.56. The molecule has 0 aliphatic heterocycles. The van der Waals surface area contributed by atoms with Gasteiger partial charge in [0.15, 0.2) is 11.6 Å². The average Bonchev–Trinajstić information content (AvgIpc) is 3.14. The van der Waals surface area contributed by atoms with Gasteiger partial charge in [-0.25, -0.2) is 0 Å². The Kier molecular flexibility index (Phi) is 5.97. The Bertz CT molecular complexity index is 1090. The predicted octanol–water partition coefficient (Wildman–Crippen LogP) is 7.01. The highest BCUT2D eigenvalue weighted by molar-refractivity contribution is 6.09. The van der Waals surface area contributed by atoms with Crippen molar-refractivity contribution in [2.24, 2.45) is 16.7 Å². The van der Waals surface area contributed by atoms with Crippen molar-refractivity contribution in [2.45, 2.75) is 33.6 Å². The molecule has 0 heterocycles. The first kappa shape index (κ1) is 22.0. The highest BCUT2D eigenvalue weighted by atomic mass is 16.1. The van der Waals surface area contributed by atoms with E-state index in [1.165, 1.54) is 0 Å². The van der Waals surface area contributed by atoms with Crippen LogP contribution in [0.5, 0.6) is 0 Å². The minimum Gasteiger partial charge on any atom is -0.294 e. The SMILES string of the molecule is CC12CCC(C(=Cc3ccccc3)C1=O)C2(C)C.O=C(c1ccccc1)c1ccccc1. The number of Topliss-reactive ketones (excluding diaryl/α,β-unsaturated/α-hetero) is 1. The molecule has 2 aliphatic rings. The number of hydrogen-bond acceptors (Lipinski definition) is 2. The molecule has 32 heavy (non-hydrogen) atoms. The van der Waals surface area contributed by atoms with Crippen LogP contribution in [0.1, 0.15) is 55.1 Å². The molecular formula is C30H30O2. The van der Waals surface area contributed by atoms with Crippen molar-refractivity contribution in [3.05, 3.63) is 113 Å². The summed E-state index contributed by atoms with van der Waals surface area (Å²) in [5.41, 5.74) is 3.65. The summed E-state index contributed by atoms with van der Waals surface area (Å²) in [7, 11) is 0. The van der Waals surface area contributed by atoms with Crippen LogP contribution >= 0.6 is 0 Å². The molecule has 0 amide bonds. The molecule has 2 saturated carbocycles. The summed E-state index contributed by atoms with van der Waals surface area (Å²) in [6.45, 7) is 6.67. The van der Waals surface area contributed by atoms with Gasteiger partial charge in [0.05, 0.1) is 0 Å². The zero-order valence-corrected chi connectivity index (χ0v) is 19.0. The third kappa shape index (κ3) is 3.86. The second-order valence-corrected chi connectivity index (χ2v) is 9.55. The summed E-state index contributed by atoms with van der Waals surface area (Å²) in [6.07, 6.45) is 4.32. The first-order valence-corrected chi connectivity index (χ1v) is 11.3. The summed E-state index contributed by atoms with van der Waals surface area (Å²) < 4.78 is 0. The van der Waals surface area contributed by atoms with Gasteiger partial charge in [0, 0.05) is 16.5 Å². The van der Waals surface area contributed by atoms with Crippen LogP contribution < -0.4 is 0 Å². The van der Waals surface area contributed by atoms with Crippen molar-refractivity contribution >= 4 is 17.6 Å². The van der Waals surface area contributed by atoms with E-state index in [9.17, 15) is 9.59 Å². The third-order valence-electron chi connectivity index (χ3n) is 7.56. The number of ketones is 2. The van der Waals surface area contributed by atoms with Gasteiger partial charge >= 0.3 is 0 Å². The Hall–Kier alpha value is -3.26. The Balaban J connectivity index is 0.000000158. The van der Waals surface area contributed by atoms with Crippen molar-refractivity contribution < 1.29 is 9.59 Å². The van der Waals surface area contributed by atoms with Crippen LogP contribution in [-0.2, 0) is 4.79 Å². The van der Waals surface area contributed by atoms with Gasteiger partial charge in [-0.15, -0.1) is 0 Å². The lowest BCUT2D eigenvalue weighted by atomic mass is 9.70. The number of carbonyl (C=O) groups is 2. The first-order chi connectivity index (χ1) is 15.3. The van der Waals surface area contributed by atoms with Crippen LogP contribution in [0.25, 0.3) is 6.08 Å². The first-order valence-electron chi connectivity index (χ1n) is 11.3. The highest BCUT2D eigenvalue weighted by Gasteiger charge is 2.63. The van der Waals surface area contributed by atoms with Gasteiger partial charge in [0.2, 0.25) is 0 Å².